The van der Waals surface area contributed by atoms with Crippen LogP contribution in [0.1, 0.15) is 54.2 Å². The summed E-state index contributed by atoms with van der Waals surface area (Å²) in [5.74, 6) is -0.281. The van der Waals surface area contributed by atoms with Crippen molar-refractivity contribution in [2.75, 3.05) is 5.32 Å². The van der Waals surface area contributed by atoms with Crippen molar-refractivity contribution in [2.45, 2.75) is 71.4 Å². The van der Waals surface area contributed by atoms with Crippen molar-refractivity contribution in [3.8, 4) is 0 Å². The number of alkyl halides is 3. The van der Waals surface area contributed by atoms with Crippen LogP contribution in [0, 0.1) is 0 Å². The second-order valence-electron chi connectivity index (χ2n) is 8.35. The predicted molar refractivity (Wildman–Crippen MR) is 94.8 cm³/mol. The zero-order chi connectivity index (χ0) is 20.8. The number of nitrogens with zero attached hydrogens (tertiary/aromatic N) is 1. The van der Waals surface area contributed by atoms with Gasteiger partial charge in [-0.15, -0.1) is 0 Å². The number of ether oxygens (including phenoxy) is 1. The zero-order valence-corrected chi connectivity index (χ0v) is 16.4. The van der Waals surface area contributed by atoms with Crippen molar-refractivity contribution < 1.29 is 32.0 Å². The Balaban J connectivity index is 2.34. The lowest BCUT2D eigenvalue weighted by molar-refractivity contribution is -0.140. The van der Waals surface area contributed by atoms with Gasteiger partial charge in [0.2, 0.25) is 0 Å². The van der Waals surface area contributed by atoms with Gasteiger partial charge in [-0.3, -0.25) is 5.32 Å². The van der Waals surface area contributed by atoms with E-state index in [0.717, 1.165) is 0 Å². The summed E-state index contributed by atoms with van der Waals surface area (Å²) in [7, 11) is -1.23. The summed E-state index contributed by atoms with van der Waals surface area (Å²) in [6.45, 7) is 11.9. The first-order valence-electron chi connectivity index (χ1n) is 8.46. The van der Waals surface area contributed by atoms with Gasteiger partial charge in [0, 0.05) is 5.46 Å². The molecule has 0 radical (unpaired) electrons. The van der Waals surface area contributed by atoms with E-state index in [1.807, 2.05) is 0 Å². The number of aromatic nitrogens is 1. The molecule has 0 unspecified atom stereocenters. The fourth-order valence-electron chi connectivity index (χ4n) is 2.33. The van der Waals surface area contributed by atoms with Gasteiger partial charge in [0.15, 0.2) is 0 Å². The summed E-state index contributed by atoms with van der Waals surface area (Å²) in [6.07, 6.45) is -5.66. The van der Waals surface area contributed by atoms with Gasteiger partial charge < -0.3 is 14.0 Å². The molecule has 1 aliphatic heterocycles. The molecule has 27 heavy (non-hydrogen) atoms. The van der Waals surface area contributed by atoms with Crippen molar-refractivity contribution in [3.05, 3.63) is 17.8 Å². The Morgan fingerprint density at radius 3 is 2.07 bits per heavy atom. The van der Waals surface area contributed by atoms with Crippen LogP contribution in [0.15, 0.2) is 12.1 Å². The van der Waals surface area contributed by atoms with E-state index in [-0.39, 0.29) is 11.3 Å². The highest BCUT2D eigenvalue weighted by Crippen LogP contribution is 2.38. The fourth-order valence-corrected chi connectivity index (χ4v) is 2.33. The molecule has 2 heterocycles. The van der Waals surface area contributed by atoms with Gasteiger partial charge in [-0.2, -0.15) is 13.2 Å². The molecule has 1 aromatic rings. The van der Waals surface area contributed by atoms with E-state index in [1.165, 1.54) is 12.1 Å². The van der Waals surface area contributed by atoms with Crippen molar-refractivity contribution in [2.24, 2.45) is 0 Å². The lowest BCUT2D eigenvalue weighted by Gasteiger charge is -2.32. The van der Waals surface area contributed by atoms with Gasteiger partial charge in [0.1, 0.15) is 17.1 Å². The maximum Gasteiger partial charge on any atom is 0.497 e. The molecule has 0 atom stereocenters. The van der Waals surface area contributed by atoms with Crippen LogP contribution < -0.4 is 10.8 Å². The summed E-state index contributed by atoms with van der Waals surface area (Å²) in [5.41, 5.74) is -3.83. The molecule has 0 bridgehead atoms. The van der Waals surface area contributed by atoms with E-state index in [0.29, 0.717) is 0 Å². The molecule has 1 aromatic heterocycles. The van der Waals surface area contributed by atoms with Gasteiger partial charge in [0.25, 0.3) is 0 Å². The lowest BCUT2D eigenvalue weighted by atomic mass is 9.77. The van der Waals surface area contributed by atoms with Crippen molar-refractivity contribution in [3.63, 3.8) is 0 Å². The highest BCUT2D eigenvalue weighted by molar-refractivity contribution is 6.62. The third-order valence-electron chi connectivity index (χ3n) is 4.33. The van der Waals surface area contributed by atoms with Gasteiger partial charge in [0.05, 0.1) is 11.2 Å². The third-order valence-corrected chi connectivity index (χ3v) is 4.33. The standard InChI is InChI=1S/C17H24BF3N2O4/c1-14(2,3)25-13(24)23-11-9-8-10(12(22-11)17(19,20)21)18-26-15(4,5)16(6,7)27-18/h8-9H,1-7H3,(H,22,23,24). The number of hydrogen-bond acceptors (Lipinski definition) is 5. The summed E-state index contributed by atoms with van der Waals surface area (Å²) in [4.78, 5) is 15.4. The Kier molecular flexibility index (Phi) is 5.31. The SMILES string of the molecule is CC(C)(C)OC(=O)Nc1ccc(B2OC(C)(C)C(C)(C)O2)c(C(F)(F)F)n1. The average molecular weight is 388 g/mol. The summed E-state index contributed by atoms with van der Waals surface area (Å²) < 4.78 is 57.1. The van der Waals surface area contributed by atoms with Crippen LogP contribution in [0.25, 0.3) is 0 Å². The molecule has 1 fully saturated rings. The predicted octanol–water partition coefficient (Wildman–Crippen LogP) is 3.75. The van der Waals surface area contributed by atoms with E-state index in [2.05, 4.69) is 10.3 Å². The number of carbonyl (C=O) groups excluding carboxylic acids is 1. The van der Waals surface area contributed by atoms with Crippen LogP contribution >= 0.6 is 0 Å². The Morgan fingerprint density at radius 1 is 1.11 bits per heavy atom. The molecule has 0 saturated carbocycles. The van der Waals surface area contributed by atoms with E-state index in [9.17, 15) is 18.0 Å². The molecule has 1 aliphatic rings. The Bertz CT molecular complexity index is 714. The first-order chi connectivity index (χ1) is 12.0. The van der Waals surface area contributed by atoms with Crippen LogP contribution in [0.3, 0.4) is 0 Å². The Hall–Kier alpha value is -1.81. The second kappa shape index (κ2) is 6.66. The number of carbonyl (C=O) groups is 1. The molecular weight excluding hydrogens is 364 g/mol. The highest BCUT2D eigenvalue weighted by Gasteiger charge is 2.54. The van der Waals surface area contributed by atoms with Crippen LogP contribution in [0.5, 0.6) is 0 Å². The minimum Gasteiger partial charge on any atom is -0.444 e. The van der Waals surface area contributed by atoms with Crippen LogP contribution in [-0.4, -0.2) is 35.0 Å². The van der Waals surface area contributed by atoms with Crippen LogP contribution in [-0.2, 0) is 20.2 Å². The molecule has 10 heteroatoms. The number of nitrogens with one attached hydrogen (secondary N) is 1. The van der Waals surface area contributed by atoms with Gasteiger partial charge in [-0.25, -0.2) is 9.78 Å². The van der Waals surface area contributed by atoms with Gasteiger partial charge >= 0.3 is 19.4 Å². The van der Waals surface area contributed by atoms with Crippen molar-refractivity contribution in [1.29, 1.82) is 0 Å². The molecule has 0 aliphatic carbocycles. The van der Waals surface area contributed by atoms with Crippen molar-refractivity contribution >= 4 is 24.5 Å². The molecule has 1 saturated heterocycles. The molecule has 150 valence electrons. The normalized spacial score (nSPS) is 19.1. The molecule has 0 spiro atoms. The first kappa shape index (κ1) is 21.5. The van der Waals surface area contributed by atoms with Gasteiger partial charge in [-0.1, -0.05) is 6.07 Å². The van der Waals surface area contributed by atoms with Gasteiger partial charge in [-0.05, 0) is 54.5 Å². The molecule has 1 amide bonds. The van der Waals surface area contributed by atoms with E-state index in [1.54, 1.807) is 48.5 Å². The first-order valence-corrected chi connectivity index (χ1v) is 8.46. The monoisotopic (exact) mass is 388 g/mol. The largest absolute Gasteiger partial charge is 0.497 e. The number of rotatable bonds is 2. The maximum atomic E-state index is 13.6. The summed E-state index contributed by atoms with van der Waals surface area (Å²) >= 11 is 0. The molecular formula is C17H24BF3N2O4. The highest BCUT2D eigenvalue weighted by atomic mass is 19.4. The minimum atomic E-state index is -4.76. The average Bonchev–Trinajstić information content (AvgIpc) is 2.64. The molecule has 2 rings (SSSR count). The fraction of sp³-hybridized carbons (Fsp3) is 0.647. The number of hydrogen-bond donors (Lipinski definition) is 1. The van der Waals surface area contributed by atoms with Crippen molar-refractivity contribution in [1.82, 2.24) is 4.98 Å². The number of anilines is 1. The van der Waals surface area contributed by atoms with E-state index in [4.69, 9.17) is 14.0 Å². The Morgan fingerprint density at radius 2 is 1.63 bits per heavy atom. The maximum absolute atomic E-state index is 13.6. The summed E-state index contributed by atoms with van der Waals surface area (Å²) in [5, 5.41) is 2.21. The minimum absolute atomic E-state index is 0.254. The summed E-state index contributed by atoms with van der Waals surface area (Å²) in [6, 6.07) is 2.43. The quantitative estimate of drug-likeness (QED) is 0.782. The third kappa shape index (κ3) is 4.92. The lowest BCUT2D eigenvalue weighted by Crippen LogP contribution is -2.41. The topological polar surface area (TPSA) is 69.7 Å². The van der Waals surface area contributed by atoms with Crippen LogP contribution in [0.2, 0.25) is 0 Å². The molecule has 6 nitrogen and oxygen atoms in total. The number of amides is 1. The number of pyridine rings is 1. The Labute approximate surface area is 156 Å². The second-order valence-corrected chi connectivity index (χ2v) is 8.35. The molecule has 1 N–H and O–H groups in total. The number of halogens is 3. The van der Waals surface area contributed by atoms with E-state index < -0.39 is 41.9 Å². The molecule has 0 aromatic carbocycles. The smallest absolute Gasteiger partial charge is 0.444 e. The van der Waals surface area contributed by atoms with E-state index >= 15 is 0 Å². The van der Waals surface area contributed by atoms with Crippen LogP contribution in [0.4, 0.5) is 23.8 Å². The zero-order valence-electron chi connectivity index (χ0n) is 16.4.